The van der Waals surface area contributed by atoms with E-state index in [4.69, 9.17) is 4.74 Å². The predicted molar refractivity (Wildman–Crippen MR) is 136 cm³/mol. The summed E-state index contributed by atoms with van der Waals surface area (Å²) < 4.78 is 10.1. The molecule has 1 aliphatic carbocycles. The maximum Gasteiger partial charge on any atom is 0.408 e. The molecule has 0 aliphatic heterocycles. The topological polar surface area (TPSA) is 114 Å². The molecule has 2 rings (SSSR count). The van der Waals surface area contributed by atoms with E-state index in [1.54, 1.807) is 25.7 Å². The van der Waals surface area contributed by atoms with E-state index >= 15 is 0 Å². The second-order valence-corrected chi connectivity index (χ2v) is 11.0. The number of benzene rings is 1. The van der Waals surface area contributed by atoms with Gasteiger partial charge in [0.15, 0.2) is 0 Å². The summed E-state index contributed by atoms with van der Waals surface area (Å²) in [6, 6.07) is 5.33. The van der Waals surface area contributed by atoms with E-state index in [1.165, 1.54) is 7.11 Å². The number of carbonyl (C=O) groups excluding carboxylic acids is 4. The molecule has 0 heterocycles. The van der Waals surface area contributed by atoms with Gasteiger partial charge < -0.3 is 25.0 Å². The summed E-state index contributed by atoms with van der Waals surface area (Å²) in [5.41, 5.74) is 0.906. The van der Waals surface area contributed by atoms with Crippen LogP contribution in [0.3, 0.4) is 0 Å². The molecule has 2 N–H and O–H groups in total. The Hall–Kier alpha value is -3.10. The molecule has 1 aromatic carbocycles. The maximum absolute atomic E-state index is 14.1. The predicted octanol–water partition coefficient (Wildman–Crippen LogP) is 3.50. The monoisotopic (exact) mass is 503 g/mol. The first-order valence-corrected chi connectivity index (χ1v) is 12.5. The van der Waals surface area contributed by atoms with E-state index in [9.17, 15) is 19.2 Å². The highest BCUT2D eigenvalue weighted by Gasteiger charge is 2.48. The van der Waals surface area contributed by atoms with Crippen molar-refractivity contribution < 1.29 is 28.7 Å². The summed E-state index contributed by atoms with van der Waals surface area (Å²) in [5, 5.41) is 5.35. The van der Waals surface area contributed by atoms with Crippen LogP contribution < -0.4 is 10.6 Å². The Morgan fingerprint density at radius 1 is 1.11 bits per heavy atom. The van der Waals surface area contributed by atoms with Crippen molar-refractivity contribution in [2.24, 2.45) is 11.8 Å². The molecule has 0 bridgehead atoms. The number of methoxy groups -OCH3 is 1. The third kappa shape index (κ3) is 8.53. The lowest BCUT2D eigenvalue weighted by Gasteiger charge is -2.35. The van der Waals surface area contributed by atoms with Gasteiger partial charge in [-0.15, -0.1) is 0 Å². The van der Waals surface area contributed by atoms with Gasteiger partial charge in [-0.05, 0) is 57.9 Å². The third-order valence-electron chi connectivity index (χ3n) is 5.93. The molecule has 0 saturated heterocycles. The van der Waals surface area contributed by atoms with Crippen LogP contribution in [0.15, 0.2) is 24.3 Å². The number of alkyl carbamates (subject to hydrolysis) is 1. The molecule has 9 nitrogen and oxygen atoms in total. The van der Waals surface area contributed by atoms with Crippen molar-refractivity contribution >= 4 is 23.9 Å². The molecule has 3 amide bonds. The Kier molecular flexibility index (Phi) is 9.90. The highest BCUT2D eigenvalue weighted by molar-refractivity contribution is 5.93. The standard InChI is InChI=1S/C27H41N3O6/c1-16(2)13-20(29-26(34)36-27(5,6)7)25(33)30(21-14-18(21)4)23(19-11-9-17(3)10-12-19)24(32)28-15-22(31)35-8/h9-12,16,18,20-21,23H,13-15H2,1-8H3,(H,28,32)(H,29,34). The minimum atomic E-state index is -0.979. The molecule has 1 saturated carbocycles. The first-order valence-electron chi connectivity index (χ1n) is 12.5. The van der Waals surface area contributed by atoms with E-state index in [2.05, 4.69) is 15.4 Å². The zero-order valence-electron chi connectivity index (χ0n) is 22.7. The number of ether oxygens (including phenoxy) is 2. The Morgan fingerprint density at radius 2 is 1.69 bits per heavy atom. The molecule has 0 radical (unpaired) electrons. The number of hydrogen-bond donors (Lipinski definition) is 2. The molecule has 1 aromatic rings. The van der Waals surface area contributed by atoms with Gasteiger partial charge in [0.25, 0.3) is 0 Å². The summed E-state index contributed by atoms with van der Waals surface area (Å²) in [6.45, 7) is 12.8. The summed E-state index contributed by atoms with van der Waals surface area (Å²) in [4.78, 5) is 53.4. The quantitative estimate of drug-likeness (QED) is 0.473. The molecule has 36 heavy (non-hydrogen) atoms. The fourth-order valence-corrected chi connectivity index (χ4v) is 4.01. The van der Waals surface area contributed by atoms with Crippen LogP contribution in [0.5, 0.6) is 0 Å². The summed E-state index contributed by atoms with van der Waals surface area (Å²) >= 11 is 0. The van der Waals surface area contributed by atoms with E-state index in [1.807, 2.05) is 52.0 Å². The number of rotatable bonds is 10. The number of hydrogen-bond acceptors (Lipinski definition) is 6. The largest absolute Gasteiger partial charge is 0.468 e. The van der Waals surface area contributed by atoms with Crippen molar-refractivity contribution in [1.82, 2.24) is 15.5 Å². The second-order valence-electron chi connectivity index (χ2n) is 11.0. The average molecular weight is 504 g/mol. The van der Waals surface area contributed by atoms with Gasteiger partial charge in [-0.1, -0.05) is 50.6 Å². The first kappa shape index (κ1) is 29.1. The van der Waals surface area contributed by atoms with Gasteiger partial charge in [-0.25, -0.2) is 4.79 Å². The normalized spacial score (nSPS) is 18.6. The molecule has 1 aliphatic rings. The molecule has 0 aromatic heterocycles. The molecular formula is C27H41N3O6. The van der Waals surface area contributed by atoms with Crippen LogP contribution in [-0.4, -0.2) is 60.1 Å². The number of nitrogens with zero attached hydrogens (tertiary/aromatic N) is 1. The fraction of sp³-hybridized carbons (Fsp3) is 0.630. The van der Waals surface area contributed by atoms with Gasteiger partial charge >= 0.3 is 12.1 Å². The van der Waals surface area contributed by atoms with Crippen molar-refractivity contribution in [1.29, 1.82) is 0 Å². The average Bonchev–Trinajstić information content (AvgIpc) is 3.49. The lowest BCUT2D eigenvalue weighted by atomic mass is 9.98. The van der Waals surface area contributed by atoms with Gasteiger partial charge in [0.2, 0.25) is 11.8 Å². The van der Waals surface area contributed by atoms with Crippen LogP contribution in [-0.2, 0) is 23.9 Å². The van der Waals surface area contributed by atoms with Crippen molar-refractivity contribution in [3.8, 4) is 0 Å². The SMILES string of the molecule is COC(=O)CNC(=O)C(c1ccc(C)cc1)N(C(=O)C(CC(C)C)NC(=O)OC(C)(C)C)C1CC1C. The van der Waals surface area contributed by atoms with Gasteiger partial charge in [0.05, 0.1) is 7.11 Å². The van der Waals surface area contributed by atoms with Gasteiger partial charge in [0.1, 0.15) is 24.2 Å². The van der Waals surface area contributed by atoms with E-state index in [0.717, 1.165) is 12.0 Å². The Labute approximate surface area is 214 Å². The second kappa shape index (κ2) is 12.2. The van der Waals surface area contributed by atoms with Crippen molar-refractivity contribution in [2.75, 3.05) is 13.7 Å². The molecule has 9 heteroatoms. The fourth-order valence-electron chi connectivity index (χ4n) is 4.01. The summed E-state index contributed by atoms with van der Waals surface area (Å²) in [7, 11) is 1.24. The van der Waals surface area contributed by atoms with Crippen LogP contribution in [0.25, 0.3) is 0 Å². The highest BCUT2D eigenvalue weighted by atomic mass is 16.6. The Balaban J connectivity index is 2.46. The number of amides is 3. The molecular weight excluding hydrogens is 462 g/mol. The summed E-state index contributed by atoms with van der Waals surface area (Å²) in [5.74, 6) is -1.15. The van der Waals surface area contributed by atoms with E-state index in [-0.39, 0.29) is 30.3 Å². The zero-order chi connectivity index (χ0) is 27.2. The molecule has 4 atom stereocenters. The molecule has 0 spiro atoms. The number of carbonyl (C=O) groups is 4. The number of aryl methyl sites for hydroxylation is 1. The maximum atomic E-state index is 14.1. The lowest BCUT2D eigenvalue weighted by molar-refractivity contribution is -0.145. The summed E-state index contributed by atoms with van der Waals surface area (Å²) in [6.07, 6.45) is 0.423. The van der Waals surface area contributed by atoms with Crippen molar-refractivity contribution in [3.05, 3.63) is 35.4 Å². The lowest BCUT2D eigenvalue weighted by Crippen LogP contribution is -2.54. The number of nitrogens with one attached hydrogen (secondary N) is 2. The Morgan fingerprint density at radius 3 is 2.17 bits per heavy atom. The van der Waals surface area contributed by atoms with Crippen molar-refractivity contribution in [2.45, 2.75) is 85.0 Å². The molecule has 4 unspecified atom stereocenters. The Bertz CT molecular complexity index is 938. The van der Waals surface area contributed by atoms with Crippen LogP contribution in [0.1, 0.15) is 71.6 Å². The van der Waals surface area contributed by atoms with Crippen LogP contribution >= 0.6 is 0 Å². The molecule has 200 valence electrons. The van der Waals surface area contributed by atoms with Gasteiger partial charge in [-0.2, -0.15) is 0 Å². The van der Waals surface area contributed by atoms with Crippen LogP contribution in [0.4, 0.5) is 4.79 Å². The van der Waals surface area contributed by atoms with E-state index in [0.29, 0.717) is 12.0 Å². The first-order chi connectivity index (χ1) is 16.7. The smallest absolute Gasteiger partial charge is 0.408 e. The van der Waals surface area contributed by atoms with Crippen LogP contribution in [0, 0.1) is 18.8 Å². The van der Waals surface area contributed by atoms with Gasteiger partial charge in [0, 0.05) is 6.04 Å². The van der Waals surface area contributed by atoms with Gasteiger partial charge in [-0.3, -0.25) is 14.4 Å². The zero-order valence-corrected chi connectivity index (χ0v) is 22.7. The van der Waals surface area contributed by atoms with E-state index < -0.39 is 35.7 Å². The highest BCUT2D eigenvalue weighted by Crippen LogP contribution is 2.41. The van der Waals surface area contributed by atoms with Crippen LogP contribution in [0.2, 0.25) is 0 Å². The minimum Gasteiger partial charge on any atom is -0.468 e. The minimum absolute atomic E-state index is 0.0957. The van der Waals surface area contributed by atoms with Crippen molar-refractivity contribution in [3.63, 3.8) is 0 Å². The molecule has 1 fully saturated rings. The number of esters is 1. The third-order valence-corrected chi connectivity index (χ3v) is 5.93.